The Morgan fingerprint density at radius 1 is 1.20 bits per heavy atom. The van der Waals surface area contributed by atoms with Gasteiger partial charge in [0, 0.05) is 4.90 Å². The van der Waals surface area contributed by atoms with Crippen molar-refractivity contribution in [1.29, 1.82) is 0 Å². The lowest BCUT2D eigenvalue weighted by atomic mass is 10.3. The fraction of sp³-hybridized carbons (Fsp3) is 0.231. The van der Waals surface area contributed by atoms with Crippen LogP contribution in [0.2, 0.25) is 5.28 Å². The highest BCUT2D eigenvalue weighted by atomic mass is 35.5. The van der Waals surface area contributed by atoms with Crippen LogP contribution in [-0.4, -0.2) is 23.2 Å². The summed E-state index contributed by atoms with van der Waals surface area (Å²) in [5, 5.41) is 0.830. The van der Waals surface area contributed by atoms with E-state index in [0.29, 0.717) is 29.6 Å². The molecule has 0 saturated heterocycles. The van der Waals surface area contributed by atoms with Gasteiger partial charge in [-0.15, -0.1) is 0 Å². The molecule has 0 radical (unpaired) electrons. The number of benzene rings is 1. The van der Waals surface area contributed by atoms with E-state index in [2.05, 4.69) is 9.97 Å². The van der Waals surface area contributed by atoms with E-state index in [1.807, 2.05) is 18.2 Å². The number of aromatic nitrogens is 2. The SMILES string of the molecule is Cc1nc(Cl)nc(Sc2ccc3c(c2)OCCO3)c1N. The molecule has 0 spiro atoms. The van der Waals surface area contributed by atoms with Gasteiger partial charge in [0.2, 0.25) is 5.28 Å². The summed E-state index contributed by atoms with van der Waals surface area (Å²) in [6, 6.07) is 5.72. The maximum Gasteiger partial charge on any atom is 0.223 e. The summed E-state index contributed by atoms with van der Waals surface area (Å²) >= 11 is 7.29. The summed E-state index contributed by atoms with van der Waals surface area (Å²) in [7, 11) is 0. The van der Waals surface area contributed by atoms with Crippen molar-refractivity contribution in [1.82, 2.24) is 9.97 Å². The van der Waals surface area contributed by atoms with Crippen LogP contribution in [0.15, 0.2) is 28.1 Å². The zero-order chi connectivity index (χ0) is 14.1. The first-order chi connectivity index (χ1) is 9.63. The van der Waals surface area contributed by atoms with Crippen LogP contribution in [0, 0.1) is 6.92 Å². The molecule has 0 bridgehead atoms. The number of aryl methyl sites for hydroxylation is 1. The Balaban J connectivity index is 1.91. The van der Waals surface area contributed by atoms with Crippen molar-refractivity contribution in [3.05, 3.63) is 29.2 Å². The molecule has 104 valence electrons. The molecule has 0 saturated carbocycles. The third kappa shape index (κ3) is 2.62. The predicted octanol–water partition coefficient (Wildman–Crippen LogP) is 2.94. The Bertz CT molecular complexity index is 666. The number of rotatable bonds is 2. The van der Waals surface area contributed by atoms with Crippen LogP contribution in [0.25, 0.3) is 0 Å². The minimum atomic E-state index is 0.191. The van der Waals surface area contributed by atoms with Crippen LogP contribution in [0.4, 0.5) is 5.69 Å². The summed E-state index contributed by atoms with van der Waals surface area (Å²) in [5.41, 5.74) is 7.18. The zero-order valence-electron chi connectivity index (χ0n) is 10.7. The average molecular weight is 310 g/mol. The first-order valence-electron chi connectivity index (χ1n) is 6.00. The van der Waals surface area contributed by atoms with Gasteiger partial charge in [0.05, 0.1) is 11.4 Å². The normalized spacial score (nSPS) is 13.3. The lowest BCUT2D eigenvalue weighted by Crippen LogP contribution is -2.15. The number of nitrogens with zero attached hydrogens (tertiary/aromatic N) is 2. The Morgan fingerprint density at radius 3 is 2.75 bits per heavy atom. The van der Waals surface area contributed by atoms with Crippen molar-refractivity contribution in [2.75, 3.05) is 18.9 Å². The highest BCUT2D eigenvalue weighted by Gasteiger charge is 2.14. The maximum absolute atomic E-state index is 5.98. The minimum Gasteiger partial charge on any atom is -0.486 e. The molecule has 0 aliphatic carbocycles. The van der Waals surface area contributed by atoms with Crippen LogP contribution < -0.4 is 15.2 Å². The smallest absolute Gasteiger partial charge is 0.223 e. The highest BCUT2D eigenvalue weighted by molar-refractivity contribution is 7.99. The fourth-order valence-corrected chi connectivity index (χ4v) is 2.98. The second kappa shape index (κ2) is 5.38. The van der Waals surface area contributed by atoms with Crippen LogP contribution in [0.1, 0.15) is 5.69 Å². The molecule has 0 amide bonds. The van der Waals surface area contributed by atoms with Crippen molar-refractivity contribution in [3.8, 4) is 11.5 Å². The summed E-state index contributed by atoms with van der Waals surface area (Å²) < 4.78 is 11.0. The molecule has 20 heavy (non-hydrogen) atoms. The molecule has 5 nitrogen and oxygen atoms in total. The molecule has 0 unspecified atom stereocenters. The lowest BCUT2D eigenvalue weighted by molar-refractivity contribution is 0.171. The van der Waals surface area contributed by atoms with Gasteiger partial charge in [0.1, 0.15) is 18.2 Å². The van der Waals surface area contributed by atoms with Gasteiger partial charge in [-0.25, -0.2) is 9.97 Å². The minimum absolute atomic E-state index is 0.191. The number of halogens is 1. The van der Waals surface area contributed by atoms with Gasteiger partial charge in [-0.3, -0.25) is 0 Å². The number of hydrogen-bond donors (Lipinski definition) is 1. The van der Waals surface area contributed by atoms with Crippen molar-refractivity contribution >= 4 is 29.1 Å². The van der Waals surface area contributed by atoms with E-state index in [4.69, 9.17) is 26.8 Å². The van der Waals surface area contributed by atoms with Crippen LogP contribution in [0.3, 0.4) is 0 Å². The number of anilines is 1. The maximum atomic E-state index is 5.98. The molecule has 1 aromatic carbocycles. The van der Waals surface area contributed by atoms with E-state index in [-0.39, 0.29) is 5.28 Å². The van der Waals surface area contributed by atoms with Crippen molar-refractivity contribution < 1.29 is 9.47 Å². The summed E-state index contributed by atoms with van der Waals surface area (Å²) in [4.78, 5) is 9.13. The first-order valence-corrected chi connectivity index (χ1v) is 7.20. The van der Waals surface area contributed by atoms with Gasteiger partial charge < -0.3 is 15.2 Å². The van der Waals surface area contributed by atoms with Gasteiger partial charge in [0.15, 0.2) is 11.5 Å². The number of nitrogen functional groups attached to an aromatic ring is 1. The van der Waals surface area contributed by atoms with E-state index in [1.165, 1.54) is 11.8 Å². The second-order valence-electron chi connectivity index (χ2n) is 4.20. The van der Waals surface area contributed by atoms with Crippen LogP contribution in [0.5, 0.6) is 11.5 Å². The predicted molar refractivity (Wildman–Crippen MR) is 77.7 cm³/mol. The van der Waals surface area contributed by atoms with Crippen molar-refractivity contribution in [3.63, 3.8) is 0 Å². The van der Waals surface area contributed by atoms with E-state index < -0.39 is 0 Å². The van der Waals surface area contributed by atoms with Gasteiger partial charge in [-0.2, -0.15) is 0 Å². The van der Waals surface area contributed by atoms with E-state index >= 15 is 0 Å². The average Bonchev–Trinajstić information content (AvgIpc) is 2.44. The van der Waals surface area contributed by atoms with Gasteiger partial charge in [0.25, 0.3) is 0 Å². The van der Waals surface area contributed by atoms with Crippen LogP contribution >= 0.6 is 23.4 Å². The van der Waals surface area contributed by atoms with E-state index in [9.17, 15) is 0 Å². The summed E-state index contributed by atoms with van der Waals surface area (Å²) in [5.74, 6) is 1.49. The number of hydrogen-bond acceptors (Lipinski definition) is 6. The second-order valence-corrected chi connectivity index (χ2v) is 5.60. The molecule has 7 heteroatoms. The van der Waals surface area contributed by atoms with E-state index in [0.717, 1.165) is 16.4 Å². The third-order valence-electron chi connectivity index (χ3n) is 2.80. The summed E-state index contributed by atoms with van der Waals surface area (Å²) in [6.45, 7) is 2.94. The first kappa shape index (κ1) is 13.3. The molecule has 1 aromatic heterocycles. The molecule has 1 aliphatic rings. The zero-order valence-corrected chi connectivity index (χ0v) is 12.3. The number of nitrogens with two attached hydrogens (primary N) is 1. The van der Waals surface area contributed by atoms with Gasteiger partial charge >= 0.3 is 0 Å². The Hall–Kier alpha value is -1.66. The molecular formula is C13H12ClN3O2S. The largest absolute Gasteiger partial charge is 0.486 e. The molecule has 2 aromatic rings. The molecule has 1 aliphatic heterocycles. The lowest BCUT2D eigenvalue weighted by Gasteiger charge is -2.18. The molecule has 0 atom stereocenters. The molecule has 3 rings (SSSR count). The quantitative estimate of drug-likeness (QED) is 0.679. The Labute approximate surface area is 125 Å². The molecular weight excluding hydrogens is 298 g/mol. The topological polar surface area (TPSA) is 70.3 Å². The Morgan fingerprint density at radius 2 is 1.95 bits per heavy atom. The number of ether oxygens (including phenoxy) is 2. The highest BCUT2D eigenvalue weighted by Crippen LogP contribution is 2.38. The standard InChI is InChI=1S/C13H12ClN3O2S/c1-7-11(15)12(17-13(14)16-7)20-8-2-3-9-10(6-8)19-5-4-18-9/h2-3,6H,4-5,15H2,1H3. The Kier molecular flexibility index (Phi) is 3.58. The third-order valence-corrected chi connectivity index (χ3v) is 3.97. The van der Waals surface area contributed by atoms with Crippen LogP contribution in [-0.2, 0) is 0 Å². The summed E-state index contributed by atoms with van der Waals surface area (Å²) in [6.07, 6.45) is 0. The molecule has 0 fully saturated rings. The van der Waals surface area contributed by atoms with Gasteiger partial charge in [-0.05, 0) is 36.7 Å². The fourth-order valence-electron chi connectivity index (χ4n) is 1.80. The van der Waals surface area contributed by atoms with E-state index in [1.54, 1.807) is 6.92 Å². The number of fused-ring (bicyclic) bond motifs is 1. The van der Waals surface area contributed by atoms with Crippen molar-refractivity contribution in [2.45, 2.75) is 16.8 Å². The van der Waals surface area contributed by atoms with Gasteiger partial charge in [-0.1, -0.05) is 11.8 Å². The van der Waals surface area contributed by atoms with Crippen molar-refractivity contribution in [2.24, 2.45) is 0 Å². The molecule has 2 N–H and O–H groups in total. The monoisotopic (exact) mass is 309 g/mol. The molecule has 2 heterocycles.